The van der Waals surface area contributed by atoms with Gasteiger partial charge in [-0.05, 0) is 61.4 Å². The molecule has 1 N–H and O–H groups in total. The molecule has 0 fully saturated rings. The lowest BCUT2D eigenvalue weighted by atomic mass is 9.93. The molecule has 6 rings (SSSR count). The van der Waals surface area contributed by atoms with Crippen molar-refractivity contribution in [2.75, 3.05) is 20.8 Å². The summed E-state index contributed by atoms with van der Waals surface area (Å²) in [5.74, 6) is 0.760. The minimum atomic E-state index is -0.798. The average Bonchev–Trinajstić information content (AvgIpc) is 3.57. The second-order valence-corrected chi connectivity index (χ2v) is 12.4. The molecule has 0 saturated carbocycles. The Balaban J connectivity index is 1.67. The summed E-state index contributed by atoms with van der Waals surface area (Å²) >= 11 is 4.88. The number of ether oxygens (including phenoxy) is 3. The number of carbonyl (C=O) groups is 1. The van der Waals surface area contributed by atoms with Crippen LogP contribution in [0, 0.1) is 0 Å². The predicted octanol–water partition coefficient (Wildman–Crippen LogP) is 6.51. The Kier molecular flexibility index (Phi) is 8.78. The van der Waals surface area contributed by atoms with E-state index in [1.54, 1.807) is 25.7 Å². The van der Waals surface area contributed by atoms with E-state index in [0.29, 0.717) is 44.1 Å². The Bertz CT molecular complexity index is 2130. The minimum Gasteiger partial charge on any atom is -0.497 e. The number of benzene rings is 3. The van der Waals surface area contributed by atoms with Crippen LogP contribution in [-0.4, -0.2) is 36.3 Å². The molecule has 3 heterocycles. The normalized spacial score (nSPS) is 14.8. The number of hydrogen-bond donors (Lipinski definition) is 1. The van der Waals surface area contributed by atoms with Crippen LogP contribution in [0.15, 0.2) is 92.3 Å². The van der Waals surface area contributed by atoms with Gasteiger partial charge in [0.25, 0.3) is 5.56 Å². The number of nitrogens with zero attached hydrogens (tertiary/aromatic N) is 2. The van der Waals surface area contributed by atoms with Crippen LogP contribution in [0.4, 0.5) is 0 Å². The predicted molar refractivity (Wildman–Crippen MR) is 181 cm³/mol. The summed E-state index contributed by atoms with van der Waals surface area (Å²) in [6.45, 7) is 3.99. The van der Waals surface area contributed by atoms with Crippen LogP contribution in [0.1, 0.15) is 43.9 Å². The molecule has 0 bridgehead atoms. The van der Waals surface area contributed by atoms with Gasteiger partial charge in [-0.2, -0.15) is 0 Å². The van der Waals surface area contributed by atoms with Crippen LogP contribution < -0.4 is 24.4 Å². The minimum absolute atomic E-state index is 0.195. The molecule has 2 aromatic heterocycles. The largest absolute Gasteiger partial charge is 0.497 e. The third kappa shape index (κ3) is 5.64. The van der Waals surface area contributed by atoms with Gasteiger partial charge in [0.2, 0.25) is 0 Å². The summed E-state index contributed by atoms with van der Waals surface area (Å²) in [7, 11) is 3.21. The van der Waals surface area contributed by atoms with Gasteiger partial charge in [-0.15, -0.1) is 0 Å². The standard InChI is InChI=1S/C35H32BrN3O5S/c1-5-10-27-30(34(41)44-6-2)32(25-17-21(36)13-16-28(25)43-4)39-33(40)29(45-35(39)38-27)19-24-23-18-22(42-3)14-15-26(23)37-31(24)20-11-8-7-9-12-20/h7-9,11-19,32,37H,5-6,10H2,1-4H3/b29-19+/t32-/m1/s1. The Hall–Kier alpha value is -4.41. The van der Waals surface area contributed by atoms with Crippen LogP contribution in [-0.2, 0) is 9.53 Å². The molecule has 3 aromatic carbocycles. The SMILES string of the molecule is CCCC1=C(C(=O)OCC)[C@@H](c2cc(Br)ccc2OC)n2c(s/c(=C/c3c(-c4ccccc4)[nH]c4ccc(OC)cc34)c2=O)=N1. The zero-order valence-electron chi connectivity index (χ0n) is 25.3. The molecule has 0 saturated heterocycles. The topological polar surface area (TPSA) is 94.9 Å². The van der Waals surface area contributed by atoms with Crippen molar-refractivity contribution in [3.63, 3.8) is 0 Å². The summed E-state index contributed by atoms with van der Waals surface area (Å²) in [6, 6.07) is 20.6. The van der Waals surface area contributed by atoms with Crippen LogP contribution in [0.5, 0.6) is 11.5 Å². The number of hydrogen-bond acceptors (Lipinski definition) is 7. The molecule has 1 aliphatic heterocycles. The molecule has 1 aliphatic rings. The Morgan fingerprint density at radius 3 is 2.58 bits per heavy atom. The average molecular weight is 687 g/mol. The zero-order valence-corrected chi connectivity index (χ0v) is 27.8. The quantitative estimate of drug-likeness (QED) is 0.179. The number of nitrogens with one attached hydrogen (secondary N) is 1. The van der Waals surface area contributed by atoms with Gasteiger partial charge < -0.3 is 19.2 Å². The van der Waals surface area contributed by atoms with E-state index >= 15 is 0 Å². The zero-order chi connectivity index (χ0) is 31.7. The number of allylic oxidation sites excluding steroid dienone is 1. The van der Waals surface area contributed by atoms with Crippen molar-refractivity contribution in [2.45, 2.75) is 32.7 Å². The first-order chi connectivity index (χ1) is 21.9. The van der Waals surface area contributed by atoms with Crippen molar-refractivity contribution in [1.29, 1.82) is 0 Å². The fourth-order valence-electron chi connectivity index (χ4n) is 5.77. The van der Waals surface area contributed by atoms with Crippen molar-refractivity contribution < 1.29 is 19.0 Å². The maximum absolute atomic E-state index is 14.5. The molecule has 230 valence electrons. The monoisotopic (exact) mass is 685 g/mol. The van der Waals surface area contributed by atoms with Crippen LogP contribution in [0.25, 0.3) is 28.2 Å². The lowest BCUT2D eigenvalue weighted by Gasteiger charge is -2.27. The van der Waals surface area contributed by atoms with Crippen molar-refractivity contribution >= 4 is 50.2 Å². The number of fused-ring (bicyclic) bond motifs is 2. The number of thiazole rings is 1. The molecule has 0 amide bonds. The molecule has 0 unspecified atom stereocenters. The van der Waals surface area contributed by atoms with E-state index < -0.39 is 12.0 Å². The highest BCUT2D eigenvalue weighted by molar-refractivity contribution is 9.10. The van der Waals surface area contributed by atoms with E-state index in [9.17, 15) is 9.59 Å². The molecule has 1 atom stereocenters. The van der Waals surface area contributed by atoms with Gasteiger partial charge in [0.1, 0.15) is 17.5 Å². The Morgan fingerprint density at radius 1 is 1.07 bits per heavy atom. The third-order valence-electron chi connectivity index (χ3n) is 7.76. The number of rotatable bonds is 9. The fourth-order valence-corrected chi connectivity index (χ4v) is 7.15. The molecule has 0 spiro atoms. The van der Waals surface area contributed by atoms with Crippen LogP contribution in [0.3, 0.4) is 0 Å². The molecular formula is C35H32BrN3O5S. The lowest BCUT2D eigenvalue weighted by Crippen LogP contribution is -2.40. The van der Waals surface area contributed by atoms with Crippen LogP contribution in [0.2, 0.25) is 0 Å². The van der Waals surface area contributed by atoms with Gasteiger partial charge in [-0.3, -0.25) is 9.36 Å². The number of aromatic amines is 1. The summed E-state index contributed by atoms with van der Waals surface area (Å²) in [5.41, 5.74) is 4.99. The number of carbonyl (C=O) groups excluding carboxylic acids is 1. The number of esters is 1. The number of methoxy groups -OCH3 is 2. The van der Waals surface area contributed by atoms with Gasteiger partial charge in [-0.25, -0.2) is 9.79 Å². The van der Waals surface area contributed by atoms with Gasteiger partial charge in [0.15, 0.2) is 4.80 Å². The maximum Gasteiger partial charge on any atom is 0.338 e. The van der Waals surface area contributed by atoms with Crippen molar-refractivity contribution in [2.24, 2.45) is 4.99 Å². The summed E-state index contributed by atoms with van der Waals surface area (Å²) in [5, 5.41) is 0.920. The molecule has 0 aliphatic carbocycles. The number of halogens is 1. The molecule has 0 radical (unpaired) electrons. The van der Waals surface area contributed by atoms with Gasteiger partial charge in [0, 0.05) is 26.5 Å². The second-order valence-electron chi connectivity index (χ2n) is 10.5. The van der Waals surface area contributed by atoms with Gasteiger partial charge in [-0.1, -0.05) is 70.9 Å². The fraction of sp³-hybridized carbons (Fsp3) is 0.229. The first-order valence-electron chi connectivity index (χ1n) is 14.7. The van der Waals surface area contributed by atoms with Crippen molar-refractivity contribution in [3.8, 4) is 22.8 Å². The van der Waals surface area contributed by atoms with E-state index in [4.69, 9.17) is 19.2 Å². The summed E-state index contributed by atoms with van der Waals surface area (Å²) < 4.78 is 19.7. The smallest absolute Gasteiger partial charge is 0.338 e. The van der Waals surface area contributed by atoms with E-state index in [2.05, 4.69) is 20.9 Å². The highest BCUT2D eigenvalue weighted by Gasteiger charge is 2.36. The number of aromatic nitrogens is 2. The maximum atomic E-state index is 14.5. The summed E-state index contributed by atoms with van der Waals surface area (Å²) in [4.78, 5) is 37.1. The van der Waals surface area contributed by atoms with E-state index in [0.717, 1.165) is 38.6 Å². The first-order valence-corrected chi connectivity index (χ1v) is 16.3. The van der Waals surface area contributed by atoms with Crippen LogP contribution >= 0.6 is 27.3 Å². The molecule has 10 heteroatoms. The van der Waals surface area contributed by atoms with Crippen molar-refractivity contribution in [1.82, 2.24) is 9.55 Å². The van der Waals surface area contributed by atoms with Crippen molar-refractivity contribution in [3.05, 3.63) is 113 Å². The highest BCUT2D eigenvalue weighted by atomic mass is 79.9. The first kappa shape index (κ1) is 30.6. The molecule has 5 aromatic rings. The van der Waals surface area contributed by atoms with E-state index in [1.165, 1.54) is 11.3 Å². The Morgan fingerprint density at radius 2 is 1.87 bits per heavy atom. The highest BCUT2D eigenvalue weighted by Crippen LogP contribution is 2.38. The Labute approximate surface area is 272 Å². The second kappa shape index (κ2) is 12.9. The molecule has 8 nitrogen and oxygen atoms in total. The van der Waals surface area contributed by atoms with Gasteiger partial charge >= 0.3 is 5.97 Å². The summed E-state index contributed by atoms with van der Waals surface area (Å²) in [6.07, 6.45) is 3.22. The molecular weight excluding hydrogens is 654 g/mol. The molecule has 45 heavy (non-hydrogen) atoms. The van der Waals surface area contributed by atoms with E-state index in [1.807, 2.05) is 79.7 Å². The van der Waals surface area contributed by atoms with Gasteiger partial charge in [0.05, 0.1) is 42.3 Å². The van der Waals surface area contributed by atoms with E-state index in [-0.39, 0.29) is 12.2 Å². The lowest BCUT2D eigenvalue weighted by molar-refractivity contribution is -0.139. The third-order valence-corrected chi connectivity index (χ3v) is 9.24. The number of H-pyrrole nitrogens is 1.